The number of hydrogen-bond acceptors (Lipinski definition) is 5. The van der Waals surface area contributed by atoms with E-state index in [0.717, 1.165) is 12.4 Å². The van der Waals surface area contributed by atoms with Crippen molar-refractivity contribution in [2.45, 2.75) is 38.6 Å². The van der Waals surface area contributed by atoms with Crippen LogP contribution in [0.25, 0.3) is 0 Å². The van der Waals surface area contributed by atoms with Gasteiger partial charge in [0, 0.05) is 12.6 Å². The van der Waals surface area contributed by atoms with Crippen LogP contribution in [0.1, 0.15) is 32.6 Å². The summed E-state index contributed by atoms with van der Waals surface area (Å²) in [6.07, 6.45) is 8.60. The Balaban J connectivity index is 2.18. The number of anilines is 2. The first kappa shape index (κ1) is 11.1. The van der Waals surface area contributed by atoms with Gasteiger partial charge in [-0.25, -0.2) is 10.8 Å². The molecule has 0 bridgehead atoms. The molecule has 0 saturated heterocycles. The summed E-state index contributed by atoms with van der Waals surface area (Å²) in [7, 11) is 0. The summed E-state index contributed by atoms with van der Waals surface area (Å²) in [5, 5.41) is 0. The highest BCUT2D eigenvalue weighted by Gasteiger charge is 2.22. The molecule has 0 spiro atoms. The van der Waals surface area contributed by atoms with Crippen molar-refractivity contribution in [3.05, 3.63) is 12.4 Å². The smallest absolute Gasteiger partial charge is 0.160 e. The third-order valence-corrected chi connectivity index (χ3v) is 3.17. The van der Waals surface area contributed by atoms with Crippen LogP contribution in [0, 0.1) is 0 Å². The first-order valence-corrected chi connectivity index (χ1v) is 5.90. The third kappa shape index (κ3) is 2.24. The van der Waals surface area contributed by atoms with Crippen molar-refractivity contribution in [3.8, 4) is 0 Å². The van der Waals surface area contributed by atoms with Gasteiger partial charge in [-0.3, -0.25) is 4.98 Å². The number of hydrazine groups is 1. The maximum Gasteiger partial charge on any atom is 0.160 e. The van der Waals surface area contributed by atoms with Crippen LogP contribution in [-0.4, -0.2) is 22.6 Å². The second kappa shape index (κ2) is 5.12. The van der Waals surface area contributed by atoms with E-state index in [0.29, 0.717) is 11.9 Å². The molecule has 3 N–H and O–H groups in total. The lowest BCUT2D eigenvalue weighted by molar-refractivity contribution is 0.612. The number of nitrogens with two attached hydrogens (primary N) is 1. The summed E-state index contributed by atoms with van der Waals surface area (Å²) in [4.78, 5) is 10.9. The lowest BCUT2D eigenvalue weighted by Gasteiger charge is -2.28. The largest absolute Gasteiger partial charge is 0.353 e. The van der Waals surface area contributed by atoms with Gasteiger partial charge in [-0.05, 0) is 19.8 Å². The SMILES string of the molecule is CCN(c1cncc(NN)n1)C1CCCC1. The molecule has 1 aliphatic rings. The third-order valence-electron chi connectivity index (χ3n) is 3.17. The van der Waals surface area contributed by atoms with Gasteiger partial charge in [0.25, 0.3) is 0 Å². The number of nitrogens with zero attached hydrogens (tertiary/aromatic N) is 3. The molecule has 1 heterocycles. The van der Waals surface area contributed by atoms with Crippen LogP contribution < -0.4 is 16.2 Å². The zero-order chi connectivity index (χ0) is 11.4. The maximum absolute atomic E-state index is 5.34. The van der Waals surface area contributed by atoms with Crippen molar-refractivity contribution in [2.75, 3.05) is 16.9 Å². The van der Waals surface area contributed by atoms with E-state index in [9.17, 15) is 0 Å². The van der Waals surface area contributed by atoms with E-state index in [1.165, 1.54) is 25.7 Å². The fraction of sp³-hybridized carbons (Fsp3) is 0.636. The van der Waals surface area contributed by atoms with Gasteiger partial charge in [0.05, 0.1) is 12.4 Å². The van der Waals surface area contributed by atoms with E-state index in [-0.39, 0.29) is 0 Å². The van der Waals surface area contributed by atoms with Crippen molar-refractivity contribution >= 4 is 11.6 Å². The Bertz CT molecular complexity index is 335. The van der Waals surface area contributed by atoms with E-state index >= 15 is 0 Å². The highest BCUT2D eigenvalue weighted by atomic mass is 15.3. The summed E-state index contributed by atoms with van der Waals surface area (Å²) >= 11 is 0. The fourth-order valence-corrected chi connectivity index (χ4v) is 2.39. The average Bonchev–Trinajstić information content (AvgIpc) is 2.84. The number of aromatic nitrogens is 2. The molecule has 0 radical (unpaired) electrons. The van der Waals surface area contributed by atoms with Crippen LogP contribution in [0.4, 0.5) is 11.6 Å². The molecule has 5 heteroatoms. The Labute approximate surface area is 96.0 Å². The Morgan fingerprint density at radius 3 is 2.81 bits per heavy atom. The summed E-state index contributed by atoms with van der Waals surface area (Å²) in [5.41, 5.74) is 2.54. The van der Waals surface area contributed by atoms with Crippen molar-refractivity contribution in [3.63, 3.8) is 0 Å². The summed E-state index contributed by atoms with van der Waals surface area (Å²) < 4.78 is 0. The van der Waals surface area contributed by atoms with Gasteiger partial charge >= 0.3 is 0 Å². The van der Waals surface area contributed by atoms with Gasteiger partial charge in [0.1, 0.15) is 5.82 Å². The minimum atomic E-state index is 0.618. The highest BCUT2D eigenvalue weighted by Crippen LogP contribution is 2.26. The van der Waals surface area contributed by atoms with E-state index < -0.39 is 0 Å². The van der Waals surface area contributed by atoms with Crippen LogP contribution in [0.3, 0.4) is 0 Å². The normalized spacial score (nSPS) is 16.4. The summed E-state index contributed by atoms with van der Waals surface area (Å²) in [5.74, 6) is 6.88. The molecule has 0 aromatic carbocycles. The van der Waals surface area contributed by atoms with Crippen LogP contribution in [0.5, 0.6) is 0 Å². The summed E-state index contributed by atoms with van der Waals surface area (Å²) in [6.45, 7) is 3.12. The van der Waals surface area contributed by atoms with Crippen molar-refractivity contribution < 1.29 is 0 Å². The lowest BCUT2D eigenvalue weighted by Crippen LogP contribution is -2.34. The Hall–Kier alpha value is -1.36. The molecule has 88 valence electrons. The molecular weight excluding hydrogens is 202 g/mol. The molecule has 1 fully saturated rings. The minimum Gasteiger partial charge on any atom is -0.353 e. The van der Waals surface area contributed by atoms with Crippen molar-refractivity contribution in [1.82, 2.24) is 9.97 Å². The average molecular weight is 221 g/mol. The second-order valence-electron chi connectivity index (χ2n) is 4.13. The Morgan fingerprint density at radius 2 is 2.19 bits per heavy atom. The van der Waals surface area contributed by atoms with Gasteiger partial charge in [0.15, 0.2) is 5.82 Å². The van der Waals surface area contributed by atoms with Gasteiger partial charge in [-0.15, -0.1) is 0 Å². The van der Waals surface area contributed by atoms with E-state index in [2.05, 4.69) is 27.2 Å². The van der Waals surface area contributed by atoms with Crippen molar-refractivity contribution in [1.29, 1.82) is 0 Å². The molecular formula is C11H19N5. The van der Waals surface area contributed by atoms with Crippen LogP contribution in [0.15, 0.2) is 12.4 Å². The monoisotopic (exact) mass is 221 g/mol. The molecule has 0 amide bonds. The van der Waals surface area contributed by atoms with Gasteiger partial charge < -0.3 is 10.3 Å². The standard InChI is InChI=1S/C11H19N5/c1-2-16(9-5-3-4-6-9)11-8-13-7-10(14-11)15-12/h7-9H,2-6,12H2,1H3,(H,14,15). The summed E-state index contributed by atoms with van der Waals surface area (Å²) in [6, 6.07) is 0.618. The fourth-order valence-electron chi connectivity index (χ4n) is 2.39. The number of nitrogen functional groups attached to an aromatic ring is 1. The lowest BCUT2D eigenvalue weighted by atomic mass is 10.2. The minimum absolute atomic E-state index is 0.618. The first-order chi connectivity index (χ1) is 7.85. The molecule has 1 aliphatic carbocycles. The molecule has 1 saturated carbocycles. The van der Waals surface area contributed by atoms with Gasteiger partial charge in [0.2, 0.25) is 0 Å². The first-order valence-electron chi connectivity index (χ1n) is 5.90. The van der Waals surface area contributed by atoms with Gasteiger partial charge in [-0.1, -0.05) is 12.8 Å². The molecule has 0 atom stereocenters. The quantitative estimate of drug-likeness (QED) is 0.596. The number of nitrogens with one attached hydrogen (secondary N) is 1. The molecule has 16 heavy (non-hydrogen) atoms. The van der Waals surface area contributed by atoms with Crippen molar-refractivity contribution in [2.24, 2.45) is 5.84 Å². The van der Waals surface area contributed by atoms with Crippen LogP contribution >= 0.6 is 0 Å². The predicted molar refractivity (Wildman–Crippen MR) is 65.1 cm³/mol. The molecule has 2 rings (SSSR count). The maximum atomic E-state index is 5.34. The molecule has 1 aromatic heterocycles. The van der Waals surface area contributed by atoms with E-state index in [1.807, 2.05) is 6.20 Å². The molecule has 0 unspecified atom stereocenters. The highest BCUT2D eigenvalue weighted by molar-refractivity contribution is 5.44. The Kier molecular flexibility index (Phi) is 3.56. The van der Waals surface area contributed by atoms with Crippen LogP contribution in [0.2, 0.25) is 0 Å². The zero-order valence-electron chi connectivity index (χ0n) is 9.69. The van der Waals surface area contributed by atoms with E-state index in [4.69, 9.17) is 5.84 Å². The topological polar surface area (TPSA) is 67.1 Å². The molecule has 5 nitrogen and oxygen atoms in total. The molecule has 1 aromatic rings. The van der Waals surface area contributed by atoms with E-state index in [1.54, 1.807) is 6.20 Å². The second-order valence-corrected chi connectivity index (χ2v) is 4.13. The van der Waals surface area contributed by atoms with Gasteiger partial charge in [-0.2, -0.15) is 0 Å². The molecule has 0 aliphatic heterocycles. The predicted octanol–water partition coefficient (Wildman–Crippen LogP) is 1.53. The zero-order valence-corrected chi connectivity index (χ0v) is 9.69. The number of hydrogen-bond donors (Lipinski definition) is 2. The number of rotatable bonds is 4. The Morgan fingerprint density at radius 1 is 1.44 bits per heavy atom. The van der Waals surface area contributed by atoms with Crippen LogP contribution in [-0.2, 0) is 0 Å².